The Morgan fingerprint density at radius 1 is 0.964 bits per heavy atom. The zero-order valence-electron chi connectivity index (χ0n) is 14.6. The Kier molecular flexibility index (Phi) is 5.43. The SMILES string of the molecule is O=C(CCSc1nnc(-c2ccco2)c(-c2ccco2)n1)Nc1ccncc1. The molecule has 1 N–H and O–H groups in total. The number of pyridine rings is 1. The van der Waals surface area contributed by atoms with Crippen molar-refractivity contribution in [2.45, 2.75) is 11.6 Å². The van der Waals surface area contributed by atoms with Crippen molar-refractivity contribution in [3.8, 4) is 22.9 Å². The summed E-state index contributed by atoms with van der Waals surface area (Å²) in [4.78, 5) is 20.5. The fraction of sp³-hybridized carbons (Fsp3) is 0.105. The molecule has 4 heterocycles. The topological polar surface area (TPSA) is 107 Å². The van der Waals surface area contributed by atoms with E-state index in [1.807, 2.05) is 0 Å². The number of nitrogens with one attached hydrogen (secondary N) is 1. The van der Waals surface area contributed by atoms with Crippen LogP contribution in [0.3, 0.4) is 0 Å². The van der Waals surface area contributed by atoms with Gasteiger partial charge in [-0.25, -0.2) is 4.98 Å². The van der Waals surface area contributed by atoms with E-state index in [1.165, 1.54) is 11.8 Å². The molecule has 4 aromatic rings. The third kappa shape index (κ3) is 4.26. The molecule has 0 aliphatic rings. The van der Waals surface area contributed by atoms with Gasteiger partial charge in [-0.3, -0.25) is 9.78 Å². The summed E-state index contributed by atoms with van der Waals surface area (Å²) in [7, 11) is 0. The molecule has 8 nitrogen and oxygen atoms in total. The van der Waals surface area contributed by atoms with Crippen molar-refractivity contribution >= 4 is 23.4 Å². The third-order valence-corrected chi connectivity index (χ3v) is 4.54. The van der Waals surface area contributed by atoms with Gasteiger partial charge < -0.3 is 14.2 Å². The van der Waals surface area contributed by atoms with Gasteiger partial charge in [0.2, 0.25) is 11.1 Å². The lowest BCUT2D eigenvalue weighted by molar-refractivity contribution is -0.115. The quantitative estimate of drug-likeness (QED) is 0.471. The van der Waals surface area contributed by atoms with Crippen LogP contribution < -0.4 is 5.32 Å². The molecule has 0 aliphatic carbocycles. The van der Waals surface area contributed by atoms with Gasteiger partial charge in [-0.05, 0) is 36.4 Å². The average Bonchev–Trinajstić information content (AvgIpc) is 3.43. The van der Waals surface area contributed by atoms with E-state index >= 15 is 0 Å². The molecule has 0 spiro atoms. The van der Waals surface area contributed by atoms with Crippen molar-refractivity contribution in [1.29, 1.82) is 0 Å². The van der Waals surface area contributed by atoms with Gasteiger partial charge >= 0.3 is 0 Å². The van der Waals surface area contributed by atoms with Crippen molar-refractivity contribution in [3.05, 3.63) is 61.3 Å². The Bertz CT molecular complexity index is 1040. The highest BCUT2D eigenvalue weighted by Crippen LogP contribution is 2.30. The van der Waals surface area contributed by atoms with Gasteiger partial charge in [0, 0.05) is 30.3 Å². The number of hydrogen-bond donors (Lipinski definition) is 1. The van der Waals surface area contributed by atoms with E-state index in [2.05, 4.69) is 25.5 Å². The summed E-state index contributed by atoms with van der Waals surface area (Å²) in [6, 6.07) is 10.6. The molecular weight excluding hydrogens is 378 g/mol. The van der Waals surface area contributed by atoms with E-state index < -0.39 is 0 Å². The van der Waals surface area contributed by atoms with Gasteiger partial charge in [-0.2, -0.15) is 0 Å². The number of carbonyl (C=O) groups is 1. The van der Waals surface area contributed by atoms with E-state index in [0.717, 1.165) is 0 Å². The highest BCUT2D eigenvalue weighted by molar-refractivity contribution is 7.99. The molecule has 0 radical (unpaired) electrons. The minimum Gasteiger partial charge on any atom is -0.463 e. The van der Waals surface area contributed by atoms with E-state index in [0.29, 0.717) is 45.9 Å². The van der Waals surface area contributed by atoms with E-state index in [9.17, 15) is 4.79 Å². The summed E-state index contributed by atoms with van der Waals surface area (Å²) in [5.41, 5.74) is 1.75. The minimum absolute atomic E-state index is 0.0925. The van der Waals surface area contributed by atoms with Crippen molar-refractivity contribution in [2.24, 2.45) is 0 Å². The molecule has 0 atom stereocenters. The second-order valence-electron chi connectivity index (χ2n) is 5.63. The molecule has 140 valence electrons. The number of carbonyl (C=O) groups excluding carboxylic acids is 1. The van der Waals surface area contributed by atoms with E-state index in [-0.39, 0.29) is 5.91 Å². The summed E-state index contributed by atoms with van der Waals surface area (Å²) >= 11 is 1.35. The van der Waals surface area contributed by atoms with Crippen LogP contribution in [-0.2, 0) is 4.79 Å². The molecule has 28 heavy (non-hydrogen) atoms. The number of hydrogen-bond acceptors (Lipinski definition) is 8. The van der Waals surface area contributed by atoms with Gasteiger partial charge in [-0.1, -0.05) is 11.8 Å². The normalized spacial score (nSPS) is 10.7. The van der Waals surface area contributed by atoms with Crippen LogP contribution in [0.2, 0.25) is 0 Å². The number of rotatable bonds is 7. The van der Waals surface area contributed by atoms with Crippen LogP contribution in [0.25, 0.3) is 22.9 Å². The van der Waals surface area contributed by atoms with E-state index in [4.69, 9.17) is 8.83 Å². The molecule has 0 aliphatic heterocycles. The van der Waals surface area contributed by atoms with Crippen molar-refractivity contribution < 1.29 is 13.6 Å². The van der Waals surface area contributed by atoms with Gasteiger partial charge in [0.25, 0.3) is 0 Å². The predicted molar refractivity (Wildman–Crippen MR) is 103 cm³/mol. The predicted octanol–water partition coefficient (Wildman–Crippen LogP) is 3.91. The molecular formula is C19H15N5O3S. The maximum absolute atomic E-state index is 12.0. The molecule has 1 amide bonds. The fourth-order valence-corrected chi connectivity index (χ4v) is 3.15. The molecule has 0 aromatic carbocycles. The van der Waals surface area contributed by atoms with Crippen LogP contribution in [0, 0.1) is 0 Å². The maximum Gasteiger partial charge on any atom is 0.225 e. The first-order valence-corrected chi connectivity index (χ1v) is 9.43. The first kappa shape index (κ1) is 17.9. The van der Waals surface area contributed by atoms with Gasteiger partial charge in [0.1, 0.15) is 5.69 Å². The lowest BCUT2D eigenvalue weighted by Crippen LogP contribution is -2.12. The fourth-order valence-electron chi connectivity index (χ4n) is 2.43. The lowest BCUT2D eigenvalue weighted by Gasteiger charge is -2.06. The minimum atomic E-state index is -0.0925. The summed E-state index contributed by atoms with van der Waals surface area (Å²) in [6.45, 7) is 0. The van der Waals surface area contributed by atoms with Crippen LogP contribution in [0.1, 0.15) is 6.42 Å². The highest BCUT2D eigenvalue weighted by atomic mass is 32.2. The third-order valence-electron chi connectivity index (χ3n) is 3.70. The Morgan fingerprint density at radius 3 is 2.36 bits per heavy atom. The first-order chi connectivity index (χ1) is 13.8. The second kappa shape index (κ2) is 8.49. The zero-order valence-corrected chi connectivity index (χ0v) is 15.4. The number of amides is 1. The molecule has 4 rings (SSSR count). The van der Waals surface area contributed by atoms with Crippen molar-refractivity contribution in [2.75, 3.05) is 11.1 Å². The number of aromatic nitrogens is 4. The summed E-state index contributed by atoms with van der Waals surface area (Å²) in [6.07, 6.45) is 6.69. The maximum atomic E-state index is 12.0. The molecule has 0 bridgehead atoms. The number of anilines is 1. The van der Waals surface area contributed by atoms with Gasteiger partial charge in [0.15, 0.2) is 17.2 Å². The number of nitrogens with zero attached hydrogens (tertiary/aromatic N) is 4. The largest absolute Gasteiger partial charge is 0.463 e. The van der Waals surface area contributed by atoms with Gasteiger partial charge in [-0.15, -0.1) is 10.2 Å². The molecule has 0 saturated heterocycles. The Morgan fingerprint density at radius 2 is 1.68 bits per heavy atom. The van der Waals surface area contributed by atoms with Crippen molar-refractivity contribution in [1.82, 2.24) is 20.2 Å². The summed E-state index contributed by atoms with van der Waals surface area (Å²) in [5, 5.41) is 11.7. The summed E-state index contributed by atoms with van der Waals surface area (Å²) < 4.78 is 10.9. The Hall–Kier alpha value is -3.46. The van der Waals surface area contributed by atoms with Crippen LogP contribution in [0.5, 0.6) is 0 Å². The molecule has 0 saturated carbocycles. The number of thioether (sulfide) groups is 1. The average molecular weight is 393 g/mol. The molecule has 4 aromatic heterocycles. The number of furan rings is 2. The van der Waals surface area contributed by atoms with Crippen LogP contribution in [-0.4, -0.2) is 31.8 Å². The van der Waals surface area contributed by atoms with Crippen molar-refractivity contribution in [3.63, 3.8) is 0 Å². The molecule has 0 unspecified atom stereocenters. The van der Waals surface area contributed by atoms with Crippen LogP contribution in [0.4, 0.5) is 5.69 Å². The zero-order chi connectivity index (χ0) is 19.2. The highest BCUT2D eigenvalue weighted by Gasteiger charge is 2.18. The monoisotopic (exact) mass is 393 g/mol. The van der Waals surface area contributed by atoms with E-state index in [1.54, 1.807) is 61.3 Å². The molecule has 9 heteroatoms. The Balaban J connectivity index is 1.44. The standard InChI is InChI=1S/C19H15N5O3S/c25-16(21-13-5-8-20-9-6-13)7-12-28-19-22-17(14-3-1-10-26-14)18(23-24-19)15-4-2-11-27-15/h1-6,8-11H,7,12H2,(H,20,21,25). The first-order valence-electron chi connectivity index (χ1n) is 8.45. The van der Waals surface area contributed by atoms with Crippen LogP contribution >= 0.6 is 11.8 Å². The Labute approximate surface area is 164 Å². The lowest BCUT2D eigenvalue weighted by atomic mass is 10.2. The van der Waals surface area contributed by atoms with Gasteiger partial charge in [0.05, 0.1) is 12.5 Å². The second-order valence-corrected chi connectivity index (χ2v) is 6.69. The molecule has 0 fully saturated rings. The summed E-state index contributed by atoms with van der Waals surface area (Å²) in [5.74, 6) is 1.54. The van der Waals surface area contributed by atoms with Crippen LogP contribution in [0.15, 0.2) is 75.3 Å². The smallest absolute Gasteiger partial charge is 0.225 e.